The molecule has 1 saturated carbocycles. The van der Waals surface area contributed by atoms with E-state index in [1.807, 2.05) is 6.07 Å². The molecule has 31 heavy (non-hydrogen) atoms. The molecular weight excluding hydrogens is 380 g/mol. The topological polar surface area (TPSA) is 17.4 Å². The lowest BCUT2D eigenvalue weighted by Gasteiger charge is -2.30. The van der Waals surface area contributed by atoms with Crippen LogP contribution < -0.4 is 4.74 Å². The number of rotatable bonds is 9. The summed E-state index contributed by atoms with van der Waals surface area (Å²) < 4.78 is 7.80. The highest BCUT2D eigenvalue weighted by Crippen LogP contribution is 2.26. The highest BCUT2D eigenvalue weighted by molar-refractivity contribution is 5.29. The Balaban J connectivity index is 1.49. The number of nitrogens with zero attached hydrogens (tertiary/aromatic N) is 2. The van der Waals surface area contributed by atoms with Gasteiger partial charge in [-0.2, -0.15) is 0 Å². The number of ether oxygens (including phenoxy) is 1. The van der Waals surface area contributed by atoms with Gasteiger partial charge in [-0.3, -0.25) is 4.90 Å². The molecule has 0 bridgehead atoms. The Kier molecular flexibility index (Phi) is 7.48. The standard InChI is InChI=1S/C28H36N2O/c1-23-13-15-25(16-14-23)20-29(19-24-8-4-3-5-9-24)22-27-11-7-17-30(27)21-26-10-6-12-28(18-26)31-2/h6-7,10-18,24H,3-5,8-9,19-22H2,1-2H3. The summed E-state index contributed by atoms with van der Waals surface area (Å²) in [7, 11) is 1.73. The number of aryl methyl sites for hydroxylation is 1. The molecule has 0 atom stereocenters. The number of hydrogen-bond acceptors (Lipinski definition) is 2. The second-order valence-electron chi connectivity index (χ2n) is 9.14. The Labute approximate surface area is 187 Å². The summed E-state index contributed by atoms with van der Waals surface area (Å²) in [6.07, 6.45) is 9.19. The molecule has 0 N–H and O–H groups in total. The molecule has 164 valence electrons. The number of benzene rings is 2. The molecule has 2 aromatic carbocycles. The largest absolute Gasteiger partial charge is 0.497 e. The molecule has 0 amide bonds. The van der Waals surface area contributed by atoms with Crippen LogP contribution in [0.4, 0.5) is 0 Å². The Hall–Kier alpha value is -2.52. The number of aromatic nitrogens is 1. The molecule has 3 heteroatoms. The van der Waals surface area contributed by atoms with Crippen LogP contribution in [-0.2, 0) is 19.6 Å². The van der Waals surface area contributed by atoms with Crippen LogP contribution in [0, 0.1) is 12.8 Å². The summed E-state index contributed by atoms with van der Waals surface area (Å²) in [5.41, 5.74) is 5.39. The van der Waals surface area contributed by atoms with Gasteiger partial charge in [-0.25, -0.2) is 0 Å². The zero-order valence-electron chi connectivity index (χ0n) is 19.1. The third-order valence-corrected chi connectivity index (χ3v) is 6.56. The molecular formula is C28H36N2O. The maximum absolute atomic E-state index is 5.41. The van der Waals surface area contributed by atoms with Crippen LogP contribution in [0.5, 0.6) is 5.75 Å². The first-order chi connectivity index (χ1) is 15.2. The van der Waals surface area contributed by atoms with Crippen molar-refractivity contribution in [3.8, 4) is 5.75 Å². The van der Waals surface area contributed by atoms with E-state index in [0.717, 1.165) is 31.3 Å². The SMILES string of the molecule is COc1cccc(Cn2cccc2CN(Cc2ccc(C)cc2)CC2CCCCC2)c1. The normalized spacial score (nSPS) is 14.8. The van der Waals surface area contributed by atoms with E-state index in [1.165, 1.54) is 61.0 Å². The van der Waals surface area contributed by atoms with Gasteiger partial charge in [0.25, 0.3) is 0 Å². The monoisotopic (exact) mass is 416 g/mol. The molecule has 1 heterocycles. The predicted molar refractivity (Wildman–Crippen MR) is 128 cm³/mol. The van der Waals surface area contributed by atoms with Crippen molar-refractivity contribution < 1.29 is 4.74 Å². The van der Waals surface area contributed by atoms with Crippen LogP contribution in [0.2, 0.25) is 0 Å². The van der Waals surface area contributed by atoms with Crippen LogP contribution in [0.25, 0.3) is 0 Å². The maximum atomic E-state index is 5.41. The lowest BCUT2D eigenvalue weighted by atomic mass is 9.89. The second kappa shape index (κ2) is 10.7. The summed E-state index contributed by atoms with van der Waals surface area (Å²) in [6.45, 7) is 6.23. The van der Waals surface area contributed by atoms with Crippen LogP contribution in [0.1, 0.15) is 54.5 Å². The fourth-order valence-corrected chi connectivity index (χ4v) is 4.82. The first-order valence-electron chi connectivity index (χ1n) is 11.7. The van der Waals surface area contributed by atoms with Gasteiger partial charge in [0, 0.05) is 38.1 Å². The van der Waals surface area contributed by atoms with Gasteiger partial charge in [0.2, 0.25) is 0 Å². The number of hydrogen-bond donors (Lipinski definition) is 0. The van der Waals surface area contributed by atoms with E-state index in [1.54, 1.807) is 7.11 Å². The fourth-order valence-electron chi connectivity index (χ4n) is 4.82. The molecule has 4 rings (SSSR count). The van der Waals surface area contributed by atoms with Gasteiger partial charge in [0.15, 0.2) is 0 Å². The van der Waals surface area contributed by atoms with Crippen molar-refractivity contribution in [3.05, 3.63) is 89.2 Å². The minimum Gasteiger partial charge on any atom is -0.497 e. The van der Waals surface area contributed by atoms with E-state index in [9.17, 15) is 0 Å². The lowest BCUT2D eigenvalue weighted by Crippen LogP contribution is -2.30. The van der Waals surface area contributed by atoms with Gasteiger partial charge in [-0.05, 0) is 61.1 Å². The van der Waals surface area contributed by atoms with Gasteiger partial charge >= 0.3 is 0 Å². The molecule has 3 aromatic rings. The molecule has 0 unspecified atom stereocenters. The van der Waals surface area contributed by atoms with E-state index < -0.39 is 0 Å². The smallest absolute Gasteiger partial charge is 0.119 e. The van der Waals surface area contributed by atoms with Gasteiger partial charge < -0.3 is 9.30 Å². The number of methoxy groups -OCH3 is 1. The third-order valence-electron chi connectivity index (χ3n) is 6.56. The van der Waals surface area contributed by atoms with Gasteiger partial charge in [0.05, 0.1) is 7.11 Å². The highest BCUT2D eigenvalue weighted by atomic mass is 16.5. The molecule has 0 spiro atoms. The zero-order valence-corrected chi connectivity index (χ0v) is 19.1. The van der Waals surface area contributed by atoms with Crippen molar-refractivity contribution in [1.29, 1.82) is 0 Å². The Morgan fingerprint density at radius 3 is 2.48 bits per heavy atom. The minimum absolute atomic E-state index is 0.834. The average Bonchev–Trinajstić information content (AvgIpc) is 3.22. The molecule has 0 saturated heterocycles. The van der Waals surface area contributed by atoms with Crippen LogP contribution in [0.15, 0.2) is 66.9 Å². The van der Waals surface area contributed by atoms with E-state index in [4.69, 9.17) is 4.74 Å². The molecule has 0 aliphatic heterocycles. The van der Waals surface area contributed by atoms with Crippen molar-refractivity contribution in [2.75, 3.05) is 13.7 Å². The van der Waals surface area contributed by atoms with Crippen molar-refractivity contribution >= 4 is 0 Å². The quantitative estimate of drug-likeness (QED) is 0.399. The second-order valence-corrected chi connectivity index (χ2v) is 9.14. The zero-order chi connectivity index (χ0) is 21.5. The summed E-state index contributed by atoms with van der Waals surface area (Å²) in [6, 6.07) is 21.9. The summed E-state index contributed by atoms with van der Waals surface area (Å²) in [5.74, 6) is 1.76. The predicted octanol–water partition coefficient (Wildman–Crippen LogP) is 6.44. The molecule has 1 fully saturated rings. The molecule has 1 aromatic heterocycles. The Bertz CT molecular complexity index is 938. The first kappa shape index (κ1) is 21.7. The van der Waals surface area contributed by atoms with Crippen molar-refractivity contribution in [2.45, 2.75) is 58.7 Å². The van der Waals surface area contributed by atoms with Gasteiger partial charge in [-0.15, -0.1) is 0 Å². The van der Waals surface area contributed by atoms with Gasteiger partial charge in [-0.1, -0.05) is 61.2 Å². The van der Waals surface area contributed by atoms with Crippen molar-refractivity contribution in [1.82, 2.24) is 9.47 Å². The molecule has 0 radical (unpaired) electrons. The summed E-state index contributed by atoms with van der Waals surface area (Å²) >= 11 is 0. The third kappa shape index (κ3) is 6.24. The summed E-state index contributed by atoms with van der Waals surface area (Å²) in [5, 5.41) is 0. The molecule has 3 nitrogen and oxygen atoms in total. The van der Waals surface area contributed by atoms with E-state index >= 15 is 0 Å². The van der Waals surface area contributed by atoms with Crippen LogP contribution in [-0.4, -0.2) is 23.1 Å². The highest BCUT2D eigenvalue weighted by Gasteiger charge is 2.19. The van der Waals surface area contributed by atoms with Crippen LogP contribution >= 0.6 is 0 Å². The Morgan fingerprint density at radius 2 is 1.71 bits per heavy atom. The average molecular weight is 417 g/mol. The molecule has 1 aliphatic carbocycles. The molecule has 1 aliphatic rings. The Morgan fingerprint density at radius 1 is 0.903 bits per heavy atom. The van der Waals surface area contributed by atoms with Crippen molar-refractivity contribution in [2.24, 2.45) is 5.92 Å². The minimum atomic E-state index is 0.834. The van der Waals surface area contributed by atoms with Crippen molar-refractivity contribution in [3.63, 3.8) is 0 Å². The maximum Gasteiger partial charge on any atom is 0.119 e. The van der Waals surface area contributed by atoms with Gasteiger partial charge in [0.1, 0.15) is 5.75 Å². The fraction of sp³-hybridized carbons (Fsp3) is 0.429. The van der Waals surface area contributed by atoms with E-state index in [2.05, 4.69) is 77.2 Å². The summed E-state index contributed by atoms with van der Waals surface area (Å²) in [4.78, 5) is 2.66. The van der Waals surface area contributed by atoms with Crippen LogP contribution in [0.3, 0.4) is 0 Å². The van der Waals surface area contributed by atoms with E-state index in [0.29, 0.717) is 0 Å². The van der Waals surface area contributed by atoms with E-state index in [-0.39, 0.29) is 0 Å². The first-order valence-corrected chi connectivity index (χ1v) is 11.7. The lowest BCUT2D eigenvalue weighted by molar-refractivity contribution is 0.183.